The van der Waals surface area contributed by atoms with Crippen LogP contribution >= 0.6 is 0 Å². The van der Waals surface area contributed by atoms with Crippen LogP contribution < -0.4 is 10.2 Å². The predicted octanol–water partition coefficient (Wildman–Crippen LogP) is 3.57. The lowest BCUT2D eigenvalue weighted by molar-refractivity contribution is -0.122. The molecule has 2 aromatic rings. The highest BCUT2D eigenvalue weighted by atomic mass is 16.2. The van der Waals surface area contributed by atoms with Crippen LogP contribution in [0, 0.1) is 0 Å². The molecule has 1 amide bonds. The van der Waals surface area contributed by atoms with Crippen molar-refractivity contribution in [3.8, 4) is 0 Å². The van der Waals surface area contributed by atoms with Crippen LogP contribution in [0.5, 0.6) is 0 Å². The third kappa shape index (κ3) is 2.75. The van der Waals surface area contributed by atoms with Crippen LogP contribution in [-0.4, -0.2) is 26.9 Å². The maximum Gasteiger partial charge on any atom is 0.238 e. The third-order valence-corrected chi connectivity index (χ3v) is 5.28. The summed E-state index contributed by atoms with van der Waals surface area (Å²) >= 11 is 0. The van der Waals surface area contributed by atoms with Gasteiger partial charge >= 0.3 is 0 Å². The molecule has 6 heteroatoms. The van der Waals surface area contributed by atoms with Gasteiger partial charge in [0.15, 0.2) is 0 Å². The second-order valence-electron chi connectivity index (χ2n) is 7.39. The molecule has 130 valence electrons. The number of nitrogens with one attached hydrogen (secondary N) is 1. The first kappa shape index (κ1) is 16.0. The van der Waals surface area contributed by atoms with E-state index in [1.54, 1.807) is 18.6 Å². The summed E-state index contributed by atoms with van der Waals surface area (Å²) in [7, 11) is 0. The number of carbonyl (C=O) groups is 1. The van der Waals surface area contributed by atoms with Crippen LogP contribution in [0.25, 0.3) is 0 Å². The van der Waals surface area contributed by atoms with Crippen LogP contribution in [0.4, 0.5) is 17.5 Å². The first-order valence-electron chi connectivity index (χ1n) is 8.95. The molecule has 3 heterocycles. The number of carbonyl (C=O) groups excluding carboxylic acids is 1. The van der Waals surface area contributed by atoms with Gasteiger partial charge in [0.05, 0.1) is 17.3 Å². The van der Waals surface area contributed by atoms with Crippen molar-refractivity contribution in [2.24, 2.45) is 0 Å². The van der Waals surface area contributed by atoms with Gasteiger partial charge in [0.2, 0.25) is 11.9 Å². The van der Waals surface area contributed by atoms with Gasteiger partial charge < -0.3 is 5.32 Å². The first-order chi connectivity index (χ1) is 12.1. The van der Waals surface area contributed by atoms with Crippen molar-refractivity contribution < 1.29 is 4.79 Å². The molecule has 0 radical (unpaired) electrons. The van der Waals surface area contributed by atoms with E-state index in [4.69, 9.17) is 4.98 Å². The molecule has 1 N–H and O–H groups in total. The number of aromatic nitrogens is 3. The quantitative estimate of drug-likeness (QED) is 0.927. The van der Waals surface area contributed by atoms with Gasteiger partial charge in [0, 0.05) is 24.0 Å². The van der Waals surface area contributed by atoms with Crippen molar-refractivity contribution in [2.45, 2.75) is 57.4 Å². The monoisotopic (exact) mass is 337 g/mol. The number of hydrogen-bond acceptors (Lipinski definition) is 5. The van der Waals surface area contributed by atoms with Gasteiger partial charge in [-0.3, -0.25) is 14.7 Å². The molecular formula is C19H23N5O. The fourth-order valence-corrected chi connectivity index (χ4v) is 3.81. The highest BCUT2D eigenvalue weighted by Crippen LogP contribution is 2.43. The van der Waals surface area contributed by atoms with Crippen molar-refractivity contribution in [1.29, 1.82) is 0 Å². The molecule has 1 fully saturated rings. The molecule has 2 aliphatic rings. The molecule has 6 nitrogen and oxygen atoms in total. The molecule has 1 aliphatic carbocycles. The smallest absolute Gasteiger partial charge is 0.238 e. The van der Waals surface area contributed by atoms with Gasteiger partial charge in [-0.2, -0.15) is 4.98 Å². The fraction of sp³-hybridized carbons (Fsp3) is 0.474. The molecule has 25 heavy (non-hydrogen) atoms. The maximum atomic E-state index is 13.1. The SMILES string of the molecule is CC1(C)C(=O)N(C2CCCCC2)c2nc(Nc3cccnc3)ncc21. The summed E-state index contributed by atoms with van der Waals surface area (Å²) in [5.74, 6) is 1.41. The van der Waals surface area contributed by atoms with Crippen LogP contribution in [-0.2, 0) is 10.2 Å². The molecule has 0 aromatic carbocycles. The molecular weight excluding hydrogens is 314 g/mol. The van der Waals surface area contributed by atoms with Crippen LogP contribution in [0.15, 0.2) is 30.7 Å². The Hall–Kier alpha value is -2.50. The summed E-state index contributed by atoms with van der Waals surface area (Å²) in [6, 6.07) is 4.02. The van der Waals surface area contributed by atoms with E-state index in [0.717, 1.165) is 29.9 Å². The second-order valence-corrected chi connectivity index (χ2v) is 7.39. The summed E-state index contributed by atoms with van der Waals surface area (Å²) in [4.78, 5) is 28.2. The van der Waals surface area contributed by atoms with Crippen LogP contribution in [0.2, 0.25) is 0 Å². The molecule has 0 saturated heterocycles. The molecule has 2 aromatic heterocycles. The standard InChI is InChI=1S/C19H23N5O/c1-19(2)15-12-21-18(22-13-7-6-10-20-11-13)23-16(15)24(17(19)25)14-8-4-3-5-9-14/h6-7,10-12,14H,3-5,8-9H2,1-2H3,(H,21,22,23). The predicted molar refractivity (Wildman–Crippen MR) is 96.9 cm³/mol. The number of fused-ring (bicyclic) bond motifs is 1. The highest BCUT2D eigenvalue weighted by molar-refractivity contribution is 6.07. The minimum absolute atomic E-state index is 0.141. The van der Waals surface area contributed by atoms with E-state index < -0.39 is 5.41 Å². The number of nitrogens with zero attached hydrogens (tertiary/aromatic N) is 4. The Balaban J connectivity index is 1.70. The number of amides is 1. The van der Waals surface area contributed by atoms with E-state index in [-0.39, 0.29) is 11.9 Å². The fourth-order valence-electron chi connectivity index (χ4n) is 3.81. The normalized spacial score (nSPS) is 19.8. The molecule has 0 spiro atoms. The van der Waals surface area contributed by atoms with Crippen LogP contribution in [0.1, 0.15) is 51.5 Å². The Kier molecular flexibility index (Phi) is 3.90. The molecule has 1 aliphatic heterocycles. The van der Waals surface area contributed by atoms with Crippen molar-refractivity contribution >= 4 is 23.4 Å². The summed E-state index contributed by atoms with van der Waals surface area (Å²) in [5.41, 5.74) is 1.18. The Morgan fingerprint density at radius 1 is 1.20 bits per heavy atom. The molecule has 0 bridgehead atoms. The average Bonchev–Trinajstić information content (AvgIpc) is 2.83. The largest absolute Gasteiger partial charge is 0.323 e. The average molecular weight is 337 g/mol. The summed E-state index contributed by atoms with van der Waals surface area (Å²) in [5, 5.41) is 3.18. The number of hydrogen-bond donors (Lipinski definition) is 1. The Labute approximate surface area is 147 Å². The number of anilines is 3. The summed E-state index contributed by atoms with van der Waals surface area (Å²) in [6.45, 7) is 3.93. The van der Waals surface area contributed by atoms with Gasteiger partial charge in [-0.1, -0.05) is 19.3 Å². The lowest BCUT2D eigenvalue weighted by atomic mass is 9.87. The lowest BCUT2D eigenvalue weighted by Gasteiger charge is -2.32. The summed E-state index contributed by atoms with van der Waals surface area (Å²) < 4.78 is 0. The first-order valence-corrected chi connectivity index (χ1v) is 8.95. The minimum atomic E-state index is -0.570. The summed E-state index contributed by atoms with van der Waals surface area (Å²) in [6.07, 6.45) is 11.0. The van der Waals surface area contributed by atoms with Crippen molar-refractivity contribution in [1.82, 2.24) is 15.0 Å². The molecule has 1 saturated carbocycles. The molecule has 0 atom stereocenters. The lowest BCUT2D eigenvalue weighted by Crippen LogP contribution is -2.44. The van der Waals surface area contributed by atoms with Gasteiger partial charge in [-0.25, -0.2) is 4.98 Å². The minimum Gasteiger partial charge on any atom is -0.323 e. The zero-order valence-corrected chi connectivity index (χ0v) is 14.7. The van der Waals surface area contributed by atoms with E-state index in [0.29, 0.717) is 5.95 Å². The third-order valence-electron chi connectivity index (χ3n) is 5.28. The van der Waals surface area contributed by atoms with E-state index in [1.807, 2.05) is 30.9 Å². The Morgan fingerprint density at radius 2 is 2.00 bits per heavy atom. The molecule has 4 rings (SSSR count). The van der Waals surface area contributed by atoms with Gasteiger partial charge in [-0.05, 0) is 38.8 Å². The number of rotatable bonds is 3. The number of pyridine rings is 1. The van der Waals surface area contributed by atoms with Gasteiger partial charge in [0.1, 0.15) is 5.82 Å². The maximum absolute atomic E-state index is 13.1. The second kappa shape index (κ2) is 6.10. The van der Waals surface area contributed by atoms with E-state index in [9.17, 15) is 4.79 Å². The van der Waals surface area contributed by atoms with Crippen LogP contribution in [0.3, 0.4) is 0 Å². The van der Waals surface area contributed by atoms with E-state index >= 15 is 0 Å². The van der Waals surface area contributed by atoms with Crippen molar-refractivity contribution in [3.63, 3.8) is 0 Å². The zero-order chi connectivity index (χ0) is 17.4. The van der Waals surface area contributed by atoms with E-state index in [1.165, 1.54) is 19.3 Å². The topological polar surface area (TPSA) is 71.0 Å². The highest BCUT2D eigenvalue weighted by Gasteiger charge is 2.48. The van der Waals surface area contributed by atoms with Gasteiger partial charge in [0.25, 0.3) is 0 Å². The van der Waals surface area contributed by atoms with E-state index in [2.05, 4.69) is 15.3 Å². The van der Waals surface area contributed by atoms with Crippen molar-refractivity contribution in [2.75, 3.05) is 10.2 Å². The van der Waals surface area contributed by atoms with Crippen molar-refractivity contribution in [3.05, 3.63) is 36.3 Å². The Morgan fingerprint density at radius 3 is 2.72 bits per heavy atom. The van der Waals surface area contributed by atoms with Gasteiger partial charge in [-0.15, -0.1) is 0 Å². The molecule has 0 unspecified atom stereocenters. The Bertz CT molecular complexity index is 784. The zero-order valence-electron chi connectivity index (χ0n) is 14.7.